The van der Waals surface area contributed by atoms with Gasteiger partial charge in [-0.1, -0.05) is 82.3 Å². The number of aliphatic hydroxyl groups excluding tert-OH is 2. The molecule has 5 rings (SSSR count). The Morgan fingerprint density at radius 2 is 1.24 bits per heavy atom. The van der Waals surface area contributed by atoms with Crippen molar-refractivity contribution >= 4 is 92.0 Å². The number of rotatable bonds is 19. The van der Waals surface area contributed by atoms with E-state index in [9.17, 15) is 58.8 Å². The molecule has 1 fully saturated rings. The number of hydrogen-bond donors (Lipinski definition) is 14. The zero-order valence-corrected chi connectivity index (χ0v) is 51.4. The van der Waals surface area contributed by atoms with Gasteiger partial charge in [-0.05, 0) is 110 Å². The first-order valence-corrected chi connectivity index (χ1v) is 30.7. The highest BCUT2D eigenvalue weighted by Crippen LogP contribution is 2.25. The van der Waals surface area contributed by atoms with E-state index in [1.807, 2.05) is 0 Å². The summed E-state index contributed by atoms with van der Waals surface area (Å²) in [5.74, 6) is -9.47. The number of phenolic OH excluding ortho intramolecular Hbond substituents is 1. The fourth-order valence-electron chi connectivity index (χ4n) is 8.81. The predicted molar refractivity (Wildman–Crippen MR) is 325 cm³/mol. The Balaban J connectivity index is 1.62. The molecule has 0 spiro atoms. The summed E-state index contributed by atoms with van der Waals surface area (Å²) in [5, 5.41) is 65.4. The number of fused-ring (bicyclic) bond motifs is 1. The minimum Gasteiger partial charge on any atom is -0.508 e. The molecular formula is C59H80N10O16S2. The lowest BCUT2D eigenvalue weighted by molar-refractivity contribution is -0.145. The number of para-hydroxylation sites is 1. The lowest BCUT2D eigenvalue weighted by Gasteiger charge is -2.29. The number of hydrogen-bond acceptors (Lipinski definition) is 17. The highest BCUT2D eigenvalue weighted by atomic mass is 33.1. The van der Waals surface area contributed by atoms with Gasteiger partial charge in [0.2, 0.25) is 41.4 Å². The van der Waals surface area contributed by atoms with E-state index in [-0.39, 0.29) is 56.6 Å². The monoisotopic (exact) mass is 1250 g/mol. The van der Waals surface area contributed by atoms with Crippen LogP contribution in [-0.4, -0.2) is 175 Å². The van der Waals surface area contributed by atoms with E-state index in [4.69, 9.17) is 9.47 Å². The van der Waals surface area contributed by atoms with Gasteiger partial charge in [0.15, 0.2) is 6.04 Å². The van der Waals surface area contributed by atoms with Crippen molar-refractivity contribution in [1.82, 2.24) is 52.8 Å². The highest BCUT2D eigenvalue weighted by molar-refractivity contribution is 8.76. The number of ether oxygens (including phenoxy) is 2. The van der Waals surface area contributed by atoms with Crippen molar-refractivity contribution in [1.29, 1.82) is 0 Å². The van der Waals surface area contributed by atoms with E-state index in [1.165, 1.54) is 31.2 Å². The lowest BCUT2D eigenvalue weighted by Crippen LogP contribution is -2.62. The van der Waals surface area contributed by atoms with Crippen molar-refractivity contribution in [3.8, 4) is 5.75 Å². The van der Waals surface area contributed by atoms with Gasteiger partial charge in [-0.2, -0.15) is 0 Å². The summed E-state index contributed by atoms with van der Waals surface area (Å²) in [6, 6.07) is 8.52. The molecule has 474 valence electrons. The molecule has 26 nitrogen and oxygen atoms in total. The van der Waals surface area contributed by atoms with Gasteiger partial charge in [0.05, 0.1) is 12.2 Å². The van der Waals surface area contributed by atoms with E-state index in [2.05, 4.69) is 52.8 Å². The van der Waals surface area contributed by atoms with Crippen LogP contribution < -0.4 is 47.9 Å². The Hall–Kier alpha value is -8.08. The molecule has 0 bridgehead atoms. The molecule has 9 amide bonds. The van der Waals surface area contributed by atoms with Crippen LogP contribution in [0.1, 0.15) is 91.3 Å². The van der Waals surface area contributed by atoms with Crippen molar-refractivity contribution in [3.63, 3.8) is 0 Å². The first kappa shape index (κ1) is 69.7. The number of carbonyl (C=O) groups excluding carboxylic acids is 9. The SMILES string of the molecule is C[C@@H](O)[C@H](NC(=O)[C@@H]1CSSC[C@H](NC(=O)[C@@H](Cc2ccccc2)NC(=O)OC(C)(C)C)C(=O)N[C@@H](Cc2ccc(O)cc2)C(=O)N[C@H](Cc2c[nH]c3ccccc23)C(=O)N[C@@H](CCCCNC(=O)OC(C)(C)C)C(=O)N[C@@H]([C@@H](C)O)C(=O)N1)C(=O)O. The fraction of sp³-hybridized carbons (Fsp3) is 0.492. The number of aromatic nitrogens is 1. The van der Waals surface area contributed by atoms with Crippen LogP contribution in [0.5, 0.6) is 5.75 Å². The molecule has 0 unspecified atom stereocenters. The third-order valence-corrected chi connectivity index (χ3v) is 15.6. The second kappa shape index (κ2) is 32.6. The number of alkyl carbamates (subject to hydrolysis) is 2. The van der Waals surface area contributed by atoms with E-state index >= 15 is 9.59 Å². The van der Waals surface area contributed by atoms with Gasteiger partial charge in [-0.3, -0.25) is 33.6 Å². The molecule has 4 aromatic rings. The van der Waals surface area contributed by atoms with E-state index in [0.29, 0.717) is 27.6 Å². The molecule has 1 saturated heterocycles. The van der Waals surface area contributed by atoms with Crippen molar-refractivity contribution in [2.24, 2.45) is 0 Å². The summed E-state index contributed by atoms with van der Waals surface area (Å²) in [7, 11) is 1.74. The lowest BCUT2D eigenvalue weighted by atomic mass is 10.0. The van der Waals surface area contributed by atoms with Crippen molar-refractivity contribution < 1.29 is 77.8 Å². The number of aromatic amines is 1. The number of unbranched alkanes of at least 4 members (excludes halogenated alkanes) is 1. The molecule has 1 aromatic heterocycles. The van der Waals surface area contributed by atoms with Gasteiger partial charge in [0.25, 0.3) is 0 Å². The zero-order chi connectivity index (χ0) is 64.2. The second-order valence-electron chi connectivity index (χ2n) is 22.9. The Morgan fingerprint density at radius 1 is 0.655 bits per heavy atom. The number of H-pyrrole nitrogens is 1. The predicted octanol–water partition coefficient (Wildman–Crippen LogP) is 2.12. The number of carboxylic acids is 1. The first-order valence-electron chi connectivity index (χ1n) is 28.3. The quantitative estimate of drug-likeness (QED) is 0.0472. The summed E-state index contributed by atoms with van der Waals surface area (Å²) >= 11 is 0. The number of amides is 9. The first-order chi connectivity index (χ1) is 41.0. The van der Waals surface area contributed by atoms with Crippen LogP contribution >= 0.6 is 21.6 Å². The zero-order valence-electron chi connectivity index (χ0n) is 49.7. The minimum absolute atomic E-state index is 0.0720. The fourth-order valence-corrected chi connectivity index (χ4v) is 11.1. The molecular weight excluding hydrogens is 1170 g/mol. The van der Waals surface area contributed by atoms with Crippen LogP contribution in [0, 0.1) is 0 Å². The number of nitrogens with one attached hydrogen (secondary N) is 10. The summed E-state index contributed by atoms with van der Waals surface area (Å²) < 4.78 is 10.8. The molecule has 1 aliphatic rings. The molecule has 1 aliphatic heterocycles. The normalized spacial score (nSPS) is 20.9. The van der Waals surface area contributed by atoms with E-state index < -0.39 is 137 Å². The number of aromatic hydroxyl groups is 1. The van der Waals surface area contributed by atoms with Crippen LogP contribution in [0.25, 0.3) is 10.9 Å². The van der Waals surface area contributed by atoms with Crippen LogP contribution in [-0.2, 0) is 67.1 Å². The molecule has 28 heteroatoms. The number of aliphatic carboxylic acids is 1. The van der Waals surface area contributed by atoms with Crippen LogP contribution in [0.4, 0.5) is 9.59 Å². The number of aliphatic hydroxyl groups is 2. The Kier molecular flexibility index (Phi) is 26.1. The van der Waals surface area contributed by atoms with Gasteiger partial charge < -0.3 is 82.7 Å². The molecule has 0 saturated carbocycles. The number of benzene rings is 3. The second-order valence-corrected chi connectivity index (χ2v) is 25.5. The van der Waals surface area contributed by atoms with Gasteiger partial charge in [0.1, 0.15) is 59.2 Å². The molecule has 3 aromatic carbocycles. The maximum Gasteiger partial charge on any atom is 0.408 e. The summed E-state index contributed by atoms with van der Waals surface area (Å²) in [6.45, 7) is 12.3. The largest absolute Gasteiger partial charge is 0.508 e. The van der Waals surface area contributed by atoms with E-state index in [0.717, 1.165) is 28.5 Å². The summed E-state index contributed by atoms with van der Waals surface area (Å²) in [4.78, 5) is 144. The van der Waals surface area contributed by atoms with Gasteiger partial charge in [-0.15, -0.1) is 0 Å². The van der Waals surface area contributed by atoms with E-state index in [1.54, 1.807) is 102 Å². The van der Waals surface area contributed by atoms with Gasteiger partial charge in [0, 0.05) is 54.4 Å². The van der Waals surface area contributed by atoms with Gasteiger partial charge >= 0.3 is 18.2 Å². The van der Waals surface area contributed by atoms with Crippen LogP contribution in [0.15, 0.2) is 85.1 Å². The van der Waals surface area contributed by atoms with Crippen molar-refractivity contribution in [2.45, 2.75) is 166 Å². The Bertz CT molecular complexity index is 3030. The Morgan fingerprint density at radius 3 is 1.87 bits per heavy atom. The van der Waals surface area contributed by atoms with Crippen molar-refractivity contribution in [3.05, 3.63) is 102 Å². The topological polar surface area (TPSA) is 394 Å². The molecule has 2 heterocycles. The third-order valence-electron chi connectivity index (χ3n) is 13.2. The molecule has 10 atom stereocenters. The highest BCUT2D eigenvalue weighted by Gasteiger charge is 2.38. The standard InChI is InChI=1S/C59H80N10O16S2/c1-32(70)46-54(79)66-45(53(78)69-47(33(2)71)55(80)81)31-87-86-30-44(65-50(75)42(26-34-16-10-9-11-17-34)67-57(83)85-59(6,7)8)52(77)63-41(27-35-21-23-37(72)24-22-35)49(74)64-43(28-36-29-61-39-19-13-12-18-38(36)39)51(76)62-40(48(73)68-46)20-14-15-25-60-56(82)84-58(3,4)5/h9-13,16-19,21-24,29,32-33,40-47,61,70-72H,14-15,20,25-28,30-31H2,1-8H3,(H,60,82)(H,62,76)(H,63,77)(H,64,74)(H,65,75)(H,66,79)(H,67,83)(H,68,73)(H,69,78)(H,80,81)/t32-,33-,40+,41+,42-,43-,44+,45+,46+,47+/m1/s1. The average Bonchev–Trinajstić information content (AvgIpc) is 3.89. The maximum absolute atomic E-state index is 15.1. The van der Waals surface area contributed by atoms with Gasteiger partial charge in [-0.25, -0.2) is 14.4 Å². The molecule has 0 aliphatic carbocycles. The number of phenols is 1. The van der Waals surface area contributed by atoms with Crippen LogP contribution in [0.3, 0.4) is 0 Å². The average molecular weight is 1250 g/mol. The molecule has 0 radical (unpaired) electrons. The molecule has 14 N–H and O–H groups in total. The summed E-state index contributed by atoms with van der Waals surface area (Å²) in [6.07, 6.45) is -3.68. The number of carboxylic acid groups (broad SMARTS) is 1. The van der Waals surface area contributed by atoms with Crippen LogP contribution in [0.2, 0.25) is 0 Å². The third kappa shape index (κ3) is 23.3. The van der Waals surface area contributed by atoms with Crippen molar-refractivity contribution in [2.75, 3.05) is 18.1 Å². The molecule has 87 heavy (non-hydrogen) atoms. The maximum atomic E-state index is 15.1. The minimum atomic E-state index is -1.88. The smallest absolute Gasteiger partial charge is 0.408 e. The number of carbonyl (C=O) groups is 10. The summed E-state index contributed by atoms with van der Waals surface area (Å²) in [5.41, 5.74) is 0.482. The Labute approximate surface area is 511 Å².